The molecule has 0 saturated heterocycles. The molecule has 1 heteroatoms. The summed E-state index contributed by atoms with van der Waals surface area (Å²) in [5.41, 5.74) is 3.53. The summed E-state index contributed by atoms with van der Waals surface area (Å²) in [5, 5.41) is 0. The lowest BCUT2D eigenvalue weighted by atomic mass is 10.1. The SMILES string of the molecule is C/C=C/C=N\c1c(C)cccc1C. The van der Waals surface area contributed by atoms with Gasteiger partial charge in [0, 0.05) is 6.21 Å². The molecule has 0 radical (unpaired) electrons. The molecule has 0 bridgehead atoms. The van der Waals surface area contributed by atoms with Crippen molar-refractivity contribution in [3.63, 3.8) is 0 Å². The summed E-state index contributed by atoms with van der Waals surface area (Å²) in [6.07, 6.45) is 5.73. The van der Waals surface area contributed by atoms with Gasteiger partial charge in [-0.15, -0.1) is 0 Å². The molecule has 0 amide bonds. The van der Waals surface area contributed by atoms with Crippen LogP contribution in [0.15, 0.2) is 35.3 Å². The van der Waals surface area contributed by atoms with Gasteiger partial charge in [-0.3, -0.25) is 4.99 Å². The largest absolute Gasteiger partial charge is 0.256 e. The number of allylic oxidation sites excluding steroid dienone is 2. The molecule has 0 aromatic heterocycles. The number of hydrogen-bond donors (Lipinski definition) is 0. The summed E-state index contributed by atoms with van der Waals surface area (Å²) in [7, 11) is 0. The van der Waals surface area contributed by atoms with Crippen LogP contribution in [0.25, 0.3) is 0 Å². The Bertz CT molecular complexity index is 315. The van der Waals surface area contributed by atoms with E-state index in [0.717, 1.165) is 5.69 Å². The topological polar surface area (TPSA) is 12.4 Å². The molecule has 1 aromatic carbocycles. The first-order chi connectivity index (χ1) is 6.25. The van der Waals surface area contributed by atoms with Crippen LogP contribution in [0, 0.1) is 13.8 Å². The fourth-order valence-corrected chi connectivity index (χ4v) is 1.21. The fourth-order valence-electron chi connectivity index (χ4n) is 1.21. The zero-order valence-corrected chi connectivity index (χ0v) is 8.41. The summed E-state index contributed by atoms with van der Waals surface area (Å²) < 4.78 is 0. The van der Waals surface area contributed by atoms with Gasteiger partial charge in [0.2, 0.25) is 0 Å². The summed E-state index contributed by atoms with van der Waals surface area (Å²) >= 11 is 0. The monoisotopic (exact) mass is 173 g/mol. The molecule has 68 valence electrons. The van der Waals surface area contributed by atoms with Gasteiger partial charge < -0.3 is 0 Å². The van der Waals surface area contributed by atoms with Crippen LogP contribution in [0.2, 0.25) is 0 Å². The van der Waals surface area contributed by atoms with E-state index in [1.54, 1.807) is 0 Å². The zero-order valence-electron chi connectivity index (χ0n) is 8.41. The van der Waals surface area contributed by atoms with Crippen molar-refractivity contribution >= 4 is 11.9 Å². The van der Waals surface area contributed by atoms with Crippen LogP contribution in [0.5, 0.6) is 0 Å². The maximum absolute atomic E-state index is 4.38. The van der Waals surface area contributed by atoms with E-state index in [1.165, 1.54) is 11.1 Å². The molecular weight excluding hydrogens is 158 g/mol. The number of benzene rings is 1. The molecule has 1 nitrogen and oxygen atoms in total. The maximum atomic E-state index is 4.38. The van der Waals surface area contributed by atoms with Crippen molar-refractivity contribution in [3.05, 3.63) is 41.5 Å². The average Bonchev–Trinajstić information content (AvgIpc) is 2.10. The highest BCUT2D eigenvalue weighted by Gasteiger charge is 1.96. The van der Waals surface area contributed by atoms with Crippen molar-refractivity contribution in [2.24, 2.45) is 4.99 Å². The Labute approximate surface area is 79.8 Å². The van der Waals surface area contributed by atoms with Gasteiger partial charge in [0.15, 0.2) is 0 Å². The number of hydrogen-bond acceptors (Lipinski definition) is 1. The van der Waals surface area contributed by atoms with Crippen LogP contribution in [0.1, 0.15) is 18.1 Å². The van der Waals surface area contributed by atoms with Gasteiger partial charge in [-0.1, -0.05) is 24.3 Å². The van der Waals surface area contributed by atoms with E-state index < -0.39 is 0 Å². The molecule has 0 aliphatic heterocycles. The van der Waals surface area contributed by atoms with Gasteiger partial charge in [0.1, 0.15) is 0 Å². The third-order valence-electron chi connectivity index (χ3n) is 1.92. The van der Waals surface area contributed by atoms with Gasteiger partial charge in [0.25, 0.3) is 0 Å². The van der Waals surface area contributed by atoms with Gasteiger partial charge in [0.05, 0.1) is 5.69 Å². The molecule has 0 fully saturated rings. The lowest BCUT2D eigenvalue weighted by molar-refractivity contribution is 1.33. The highest BCUT2D eigenvalue weighted by molar-refractivity contribution is 5.75. The number of para-hydroxylation sites is 1. The predicted molar refractivity (Wildman–Crippen MR) is 58.9 cm³/mol. The minimum Gasteiger partial charge on any atom is -0.256 e. The van der Waals surface area contributed by atoms with Crippen LogP contribution in [-0.4, -0.2) is 6.21 Å². The van der Waals surface area contributed by atoms with Gasteiger partial charge in [-0.05, 0) is 38.0 Å². The van der Waals surface area contributed by atoms with E-state index in [4.69, 9.17) is 0 Å². The maximum Gasteiger partial charge on any atom is 0.0687 e. The Kier molecular flexibility index (Phi) is 3.44. The molecule has 0 saturated carbocycles. The molecule has 0 spiro atoms. The fraction of sp³-hybridized carbons (Fsp3) is 0.250. The molecule has 0 N–H and O–H groups in total. The Balaban J connectivity index is 2.99. The summed E-state index contributed by atoms with van der Waals surface area (Å²) in [5.74, 6) is 0. The number of aryl methyl sites for hydroxylation is 2. The quantitative estimate of drug-likeness (QED) is 0.606. The van der Waals surface area contributed by atoms with Crippen LogP contribution in [0.4, 0.5) is 5.69 Å². The van der Waals surface area contributed by atoms with Crippen molar-refractivity contribution in [3.8, 4) is 0 Å². The smallest absolute Gasteiger partial charge is 0.0687 e. The van der Waals surface area contributed by atoms with Crippen molar-refractivity contribution in [2.75, 3.05) is 0 Å². The third-order valence-corrected chi connectivity index (χ3v) is 1.92. The molecule has 0 heterocycles. The van der Waals surface area contributed by atoms with Crippen LogP contribution >= 0.6 is 0 Å². The van der Waals surface area contributed by atoms with Crippen LogP contribution in [0.3, 0.4) is 0 Å². The molecular formula is C12H15N. The van der Waals surface area contributed by atoms with E-state index in [2.05, 4.69) is 37.0 Å². The highest BCUT2D eigenvalue weighted by atomic mass is 14.7. The Morgan fingerprint density at radius 3 is 2.31 bits per heavy atom. The standard InChI is InChI=1S/C12H15N/c1-4-5-9-13-12-10(2)7-6-8-11(12)3/h4-9H,1-3H3/b5-4+,13-9-. The van der Waals surface area contributed by atoms with Crippen molar-refractivity contribution in [1.82, 2.24) is 0 Å². The van der Waals surface area contributed by atoms with Crippen molar-refractivity contribution in [1.29, 1.82) is 0 Å². The van der Waals surface area contributed by atoms with Crippen molar-refractivity contribution in [2.45, 2.75) is 20.8 Å². The summed E-state index contributed by atoms with van der Waals surface area (Å²) in [6.45, 7) is 6.14. The zero-order chi connectivity index (χ0) is 9.68. The molecule has 0 atom stereocenters. The molecule has 1 rings (SSSR count). The third kappa shape index (κ3) is 2.55. The first-order valence-electron chi connectivity index (χ1n) is 4.47. The number of aliphatic imine (C=N–C) groups is 1. The first kappa shape index (κ1) is 9.72. The predicted octanol–water partition coefficient (Wildman–Crippen LogP) is 3.58. The second kappa shape index (κ2) is 4.61. The lowest BCUT2D eigenvalue weighted by Crippen LogP contribution is -1.79. The van der Waals surface area contributed by atoms with Gasteiger partial charge in [-0.25, -0.2) is 0 Å². The molecule has 1 aromatic rings. The highest BCUT2D eigenvalue weighted by Crippen LogP contribution is 2.22. The lowest BCUT2D eigenvalue weighted by Gasteiger charge is -2.02. The number of nitrogens with zero attached hydrogens (tertiary/aromatic N) is 1. The molecule has 0 aliphatic carbocycles. The molecule has 0 aliphatic rings. The van der Waals surface area contributed by atoms with E-state index in [0.29, 0.717) is 0 Å². The second-order valence-corrected chi connectivity index (χ2v) is 3.04. The Morgan fingerprint density at radius 1 is 1.15 bits per heavy atom. The minimum atomic E-state index is 1.08. The summed E-state index contributed by atoms with van der Waals surface area (Å²) in [6, 6.07) is 6.21. The average molecular weight is 173 g/mol. The van der Waals surface area contributed by atoms with E-state index in [9.17, 15) is 0 Å². The molecule has 0 unspecified atom stereocenters. The van der Waals surface area contributed by atoms with Gasteiger partial charge >= 0.3 is 0 Å². The van der Waals surface area contributed by atoms with Crippen LogP contribution < -0.4 is 0 Å². The normalized spacial score (nSPS) is 11.6. The van der Waals surface area contributed by atoms with E-state index in [1.807, 2.05) is 25.3 Å². The van der Waals surface area contributed by atoms with Crippen LogP contribution in [-0.2, 0) is 0 Å². The first-order valence-corrected chi connectivity index (χ1v) is 4.47. The second-order valence-electron chi connectivity index (χ2n) is 3.04. The Hall–Kier alpha value is -1.37. The van der Waals surface area contributed by atoms with E-state index in [-0.39, 0.29) is 0 Å². The summed E-state index contributed by atoms with van der Waals surface area (Å²) in [4.78, 5) is 4.38. The Morgan fingerprint density at radius 2 is 1.77 bits per heavy atom. The van der Waals surface area contributed by atoms with Gasteiger partial charge in [-0.2, -0.15) is 0 Å². The number of rotatable bonds is 2. The minimum absolute atomic E-state index is 1.08. The van der Waals surface area contributed by atoms with Crippen molar-refractivity contribution < 1.29 is 0 Å². The van der Waals surface area contributed by atoms with E-state index >= 15 is 0 Å². The molecule has 13 heavy (non-hydrogen) atoms.